The van der Waals surface area contributed by atoms with E-state index in [0.717, 1.165) is 56.9 Å². The zero-order chi connectivity index (χ0) is 21.4. The van der Waals surface area contributed by atoms with Crippen LogP contribution in [0, 0.1) is 6.92 Å². The van der Waals surface area contributed by atoms with Crippen LogP contribution < -0.4 is 14.4 Å². The van der Waals surface area contributed by atoms with Crippen molar-refractivity contribution in [1.82, 2.24) is 4.72 Å². The average molecular weight is 433 g/mol. The number of benzene rings is 2. The first-order valence-corrected chi connectivity index (χ1v) is 12.1. The van der Waals surface area contributed by atoms with E-state index in [9.17, 15) is 8.42 Å². The van der Waals surface area contributed by atoms with Crippen LogP contribution in [-0.2, 0) is 21.2 Å². The van der Waals surface area contributed by atoms with Crippen molar-refractivity contribution in [1.29, 1.82) is 0 Å². The smallest absolute Gasteiger partial charge is 0.240 e. The van der Waals surface area contributed by atoms with Crippen molar-refractivity contribution < 1.29 is 17.9 Å². The van der Waals surface area contributed by atoms with Crippen molar-refractivity contribution in [3.63, 3.8) is 0 Å². The van der Waals surface area contributed by atoms with Crippen molar-refractivity contribution in [3.05, 3.63) is 53.6 Å². The summed E-state index contributed by atoms with van der Waals surface area (Å²) >= 11 is 0. The van der Waals surface area contributed by atoms with E-state index in [0.29, 0.717) is 13.2 Å². The number of hydrogen-bond donors (Lipinski definition) is 1. The Morgan fingerprint density at radius 3 is 2.50 bits per heavy atom. The first-order chi connectivity index (χ1) is 14.5. The highest BCUT2D eigenvalue weighted by Gasteiger charge is 2.15. The van der Waals surface area contributed by atoms with E-state index in [1.54, 1.807) is 18.2 Å². The predicted octanol–water partition coefficient (Wildman–Crippen LogP) is 3.53. The van der Waals surface area contributed by atoms with Gasteiger partial charge in [-0.25, -0.2) is 13.1 Å². The van der Waals surface area contributed by atoms with Crippen LogP contribution in [0.3, 0.4) is 0 Å². The molecular weight excluding hydrogens is 400 g/mol. The highest BCUT2D eigenvalue weighted by molar-refractivity contribution is 7.89. The minimum absolute atomic E-state index is 0.277. The molecule has 1 heterocycles. The molecule has 0 aromatic heterocycles. The maximum absolute atomic E-state index is 12.6. The minimum Gasteiger partial charge on any atom is -0.493 e. The lowest BCUT2D eigenvalue weighted by Gasteiger charge is -2.28. The summed E-state index contributed by atoms with van der Waals surface area (Å²) in [4.78, 5) is 2.60. The van der Waals surface area contributed by atoms with Crippen LogP contribution in [-0.4, -0.2) is 47.9 Å². The van der Waals surface area contributed by atoms with E-state index in [1.165, 1.54) is 11.3 Å². The molecule has 7 heteroatoms. The van der Waals surface area contributed by atoms with Gasteiger partial charge in [0.25, 0.3) is 0 Å². The molecule has 0 radical (unpaired) electrons. The zero-order valence-electron chi connectivity index (χ0n) is 17.9. The predicted molar refractivity (Wildman–Crippen MR) is 120 cm³/mol. The van der Waals surface area contributed by atoms with Gasteiger partial charge in [-0.05, 0) is 67.6 Å². The van der Waals surface area contributed by atoms with Crippen LogP contribution in [0.2, 0.25) is 0 Å². The number of anilines is 1. The van der Waals surface area contributed by atoms with Gasteiger partial charge in [0.15, 0.2) is 0 Å². The van der Waals surface area contributed by atoms with Gasteiger partial charge >= 0.3 is 0 Å². The fourth-order valence-corrected chi connectivity index (χ4v) is 4.60. The topological polar surface area (TPSA) is 67.9 Å². The van der Waals surface area contributed by atoms with Crippen LogP contribution in [0.1, 0.15) is 30.9 Å². The third-order valence-electron chi connectivity index (χ3n) is 5.17. The molecule has 0 aliphatic carbocycles. The van der Waals surface area contributed by atoms with E-state index in [1.807, 2.05) is 13.8 Å². The molecule has 1 aliphatic heterocycles. The fraction of sp³-hybridized carbons (Fsp3) is 0.478. The molecule has 0 unspecified atom stereocenters. The third-order valence-corrected chi connectivity index (χ3v) is 6.62. The van der Waals surface area contributed by atoms with Crippen molar-refractivity contribution in [2.45, 2.75) is 38.0 Å². The summed E-state index contributed by atoms with van der Waals surface area (Å²) in [5.74, 6) is 0.733. The lowest BCUT2D eigenvalue weighted by Crippen LogP contribution is -2.36. The van der Waals surface area contributed by atoms with Gasteiger partial charge in [0, 0.05) is 25.3 Å². The van der Waals surface area contributed by atoms with E-state index in [-0.39, 0.29) is 4.90 Å². The van der Waals surface area contributed by atoms with Crippen molar-refractivity contribution in [3.8, 4) is 5.75 Å². The fourth-order valence-electron chi connectivity index (χ4n) is 3.44. The van der Waals surface area contributed by atoms with Gasteiger partial charge < -0.3 is 14.4 Å². The van der Waals surface area contributed by atoms with Gasteiger partial charge in [-0.1, -0.05) is 19.1 Å². The highest BCUT2D eigenvalue weighted by Crippen LogP contribution is 2.22. The summed E-state index contributed by atoms with van der Waals surface area (Å²) in [6.07, 6.45) is 2.48. The summed E-state index contributed by atoms with van der Waals surface area (Å²) in [5.41, 5.74) is 3.25. The molecule has 2 aromatic rings. The van der Waals surface area contributed by atoms with E-state index < -0.39 is 10.0 Å². The Morgan fingerprint density at radius 2 is 1.83 bits per heavy atom. The van der Waals surface area contributed by atoms with Gasteiger partial charge in [-0.3, -0.25) is 0 Å². The van der Waals surface area contributed by atoms with Crippen molar-refractivity contribution >= 4 is 15.7 Å². The van der Waals surface area contributed by atoms with Gasteiger partial charge in [-0.15, -0.1) is 0 Å². The maximum Gasteiger partial charge on any atom is 0.240 e. The van der Waals surface area contributed by atoms with Crippen molar-refractivity contribution in [2.24, 2.45) is 0 Å². The second kappa shape index (κ2) is 10.8. The van der Waals surface area contributed by atoms with Crippen LogP contribution in [0.4, 0.5) is 5.69 Å². The Hall–Kier alpha value is -2.09. The molecule has 1 saturated heterocycles. The lowest BCUT2D eigenvalue weighted by atomic mass is 10.1. The lowest BCUT2D eigenvalue weighted by molar-refractivity contribution is 0.122. The largest absolute Gasteiger partial charge is 0.493 e. The van der Waals surface area contributed by atoms with Crippen LogP contribution >= 0.6 is 0 Å². The van der Waals surface area contributed by atoms with Crippen molar-refractivity contribution in [2.75, 3.05) is 44.4 Å². The molecule has 0 bridgehead atoms. The number of nitrogens with one attached hydrogen (secondary N) is 1. The number of hydrogen-bond acceptors (Lipinski definition) is 5. The Balaban J connectivity index is 1.47. The number of rotatable bonds is 10. The quantitative estimate of drug-likeness (QED) is 0.582. The second-order valence-electron chi connectivity index (χ2n) is 7.54. The Labute approximate surface area is 180 Å². The molecule has 0 amide bonds. The van der Waals surface area contributed by atoms with E-state index >= 15 is 0 Å². The summed E-state index contributed by atoms with van der Waals surface area (Å²) in [7, 11) is -3.52. The highest BCUT2D eigenvalue weighted by atomic mass is 32.2. The number of sulfonamides is 1. The van der Waals surface area contributed by atoms with Crippen LogP contribution in [0.15, 0.2) is 47.4 Å². The molecule has 2 aromatic carbocycles. The molecule has 1 fully saturated rings. The Bertz CT molecular complexity index is 907. The van der Waals surface area contributed by atoms with Gasteiger partial charge in [-0.2, -0.15) is 0 Å². The summed E-state index contributed by atoms with van der Waals surface area (Å²) in [5, 5.41) is 0. The molecule has 1 aliphatic rings. The summed E-state index contributed by atoms with van der Waals surface area (Å²) in [6.45, 7) is 8.32. The van der Waals surface area contributed by atoms with Gasteiger partial charge in [0.05, 0.1) is 24.7 Å². The van der Waals surface area contributed by atoms with Gasteiger partial charge in [0.2, 0.25) is 10.0 Å². The molecule has 6 nitrogen and oxygen atoms in total. The summed E-state index contributed by atoms with van der Waals surface area (Å²) in [6, 6.07) is 13.5. The summed E-state index contributed by atoms with van der Waals surface area (Å²) < 4.78 is 38.9. The van der Waals surface area contributed by atoms with E-state index in [2.05, 4.69) is 33.9 Å². The standard InChI is InChI=1S/C23H32N2O4S/c1-3-15-29-23-11-10-22(18-19(23)2)30(26,27)24-12-4-5-20-6-8-21(9-7-20)25-13-16-28-17-14-25/h6-11,18,24H,3-5,12-17H2,1-2H3. The first-order valence-electron chi connectivity index (χ1n) is 10.6. The third kappa shape index (κ3) is 6.20. The normalized spacial score (nSPS) is 14.7. The van der Waals surface area contributed by atoms with Crippen LogP contribution in [0.5, 0.6) is 5.75 Å². The number of morpholine rings is 1. The minimum atomic E-state index is -3.52. The molecule has 3 rings (SSSR count). The number of ether oxygens (including phenoxy) is 2. The van der Waals surface area contributed by atoms with Crippen LogP contribution in [0.25, 0.3) is 0 Å². The number of nitrogens with zero attached hydrogens (tertiary/aromatic N) is 1. The average Bonchev–Trinajstić information content (AvgIpc) is 2.77. The SMILES string of the molecule is CCCOc1ccc(S(=O)(=O)NCCCc2ccc(N3CCOCC3)cc2)cc1C. The monoisotopic (exact) mass is 432 g/mol. The maximum atomic E-state index is 12.6. The number of aryl methyl sites for hydroxylation is 2. The molecule has 1 N–H and O–H groups in total. The Kier molecular flexibility index (Phi) is 8.13. The molecule has 30 heavy (non-hydrogen) atoms. The molecule has 0 spiro atoms. The first kappa shape index (κ1) is 22.6. The second-order valence-corrected chi connectivity index (χ2v) is 9.31. The molecule has 0 saturated carbocycles. The van der Waals surface area contributed by atoms with Gasteiger partial charge in [0.1, 0.15) is 5.75 Å². The Morgan fingerprint density at radius 1 is 1.10 bits per heavy atom. The molecular formula is C23H32N2O4S. The zero-order valence-corrected chi connectivity index (χ0v) is 18.7. The molecule has 0 atom stereocenters. The van der Waals surface area contributed by atoms with E-state index in [4.69, 9.17) is 9.47 Å². The molecule has 164 valence electrons.